The lowest BCUT2D eigenvalue weighted by Crippen LogP contribution is -2.39. The van der Waals surface area contributed by atoms with Crippen molar-refractivity contribution in [3.8, 4) is 11.5 Å². The van der Waals surface area contributed by atoms with Gasteiger partial charge in [-0.15, -0.1) is 0 Å². The van der Waals surface area contributed by atoms with Crippen molar-refractivity contribution in [3.05, 3.63) is 24.3 Å². The molecule has 6 nitrogen and oxygen atoms in total. The lowest BCUT2D eigenvalue weighted by molar-refractivity contribution is -0.134. The fourth-order valence-corrected chi connectivity index (χ4v) is 1.76. The molecule has 0 saturated carbocycles. The van der Waals surface area contributed by atoms with E-state index in [1.54, 1.807) is 19.2 Å². The van der Waals surface area contributed by atoms with Gasteiger partial charge in [0, 0.05) is 20.2 Å². The summed E-state index contributed by atoms with van der Waals surface area (Å²) in [5.74, 6) is 0.939. The SMILES string of the molecule is CCOc1ccccc1OCC(=O)N(CCO)CCOC. The number of benzene rings is 1. The number of methoxy groups -OCH3 is 1. The van der Waals surface area contributed by atoms with Gasteiger partial charge >= 0.3 is 0 Å². The number of nitrogens with zero attached hydrogens (tertiary/aromatic N) is 1. The number of amides is 1. The first kappa shape index (κ1) is 17.3. The largest absolute Gasteiger partial charge is 0.490 e. The zero-order chi connectivity index (χ0) is 15.5. The van der Waals surface area contributed by atoms with Gasteiger partial charge in [-0.1, -0.05) is 12.1 Å². The van der Waals surface area contributed by atoms with E-state index in [2.05, 4.69) is 0 Å². The summed E-state index contributed by atoms with van der Waals surface area (Å²) in [4.78, 5) is 13.6. The molecule has 118 valence electrons. The fraction of sp³-hybridized carbons (Fsp3) is 0.533. The summed E-state index contributed by atoms with van der Waals surface area (Å²) in [5, 5.41) is 8.99. The first-order valence-electron chi connectivity index (χ1n) is 6.95. The predicted molar refractivity (Wildman–Crippen MR) is 78.6 cm³/mol. The number of rotatable bonds is 10. The number of aliphatic hydroxyl groups excluding tert-OH is 1. The molecular formula is C15H23NO5. The molecule has 6 heteroatoms. The second-order valence-corrected chi connectivity index (χ2v) is 4.27. The Balaban J connectivity index is 2.57. The predicted octanol–water partition coefficient (Wildman–Crippen LogP) is 0.931. The molecule has 1 aromatic carbocycles. The van der Waals surface area contributed by atoms with Gasteiger partial charge in [0.15, 0.2) is 18.1 Å². The van der Waals surface area contributed by atoms with E-state index < -0.39 is 0 Å². The van der Waals surface area contributed by atoms with E-state index in [1.807, 2.05) is 19.1 Å². The van der Waals surface area contributed by atoms with E-state index >= 15 is 0 Å². The van der Waals surface area contributed by atoms with Crippen LogP contribution in [-0.2, 0) is 9.53 Å². The average Bonchev–Trinajstić information content (AvgIpc) is 2.50. The van der Waals surface area contributed by atoms with Crippen molar-refractivity contribution < 1.29 is 24.1 Å². The minimum absolute atomic E-state index is 0.0923. The van der Waals surface area contributed by atoms with E-state index in [4.69, 9.17) is 19.3 Å². The minimum Gasteiger partial charge on any atom is -0.490 e. The van der Waals surface area contributed by atoms with Gasteiger partial charge in [0.1, 0.15) is 0 Å². The molecule has 1 rings (SSSR count). The van der Waals surface area contributed by atoms with Crippen molar-refractivity contribution in [2.45, 2.75) is 6.92 Å². The third kappa shape index (κ3) is 6.01. The van der Waals surface area contributed by atoms with Crippen LogP contribution >= 0.6 is 0 Å². The number of carbonyl (C=O) groups excluding carboxylic acids is 1. The summed E-state index contributed by atoms with van der Waals surface area (Å²) in [5.41, 5.74) is 0. The first-order chi connectivity index (χ1) is 10.2. The molecule has 0 aliphatic heterocycles. The summed E-state index contributed by atoms with van der Waals surface area (Å²) in [6.45, 7) is 3.32. The van der Waals surface area contributed by atoms with Crippen LogP contribution in [0.1, 0.15) is 6.92 Å². The standard InChI is InChI=1S/C15H23NO5/c1-3-20-13-6-4-5-7-14(13)21-12-15(18)16(8-10-17)9-11-19-2/h4-7,17H,3,8-12H2,1-2H3. The van der Waals surface area contributed by atoms with Crippen LogP contribution in [0.2, 0.25) is 0 Å². The number of ether oxygens (including phenoxy) is 3. The maximum absolute atomic E-state index is 12.1. The highest BCUT2D eigenvalue weighted by Gasteiger charge is 2.14. The second kappa shape index (κ2) is 10.0. The van der Waals surface area contributed by atoms with E-state index in [1.165, 1.54) is 4.90 Å². The molecule has 0 heterocycles. The Morgan fingerprint density at radius 1 is 1.19 bits per heavy atom. The molecule has 0 aliphatic rings. The highest BCUT2D eigenvalue weighted by molar-refractivity contribution is 5.77. The Bertz CT molecular complexity index is 424. The third-order valence-corrected chi connectivity index (χ3v) is 2.79. The molecule has 1 N–H and O–H groups in total. The van der Waals surface area contributed by atoms with E-state index in [0.29, 0.717) is 31.3 Å². The Kier molecular flexibility index (Phi) is 8.23. The van der Waals surface area contributed by atoms with Crippen LogP contribution in [0.25, 0.3) is 0 Å². The van der Waals surface area contributed by atoms with Gasteiger partial charge in [-0.2, -0.15) is 0 Å². The van der Waals surface area contributed by atoms with E-state index in [-0.39, 0.29) is 25.7 Å². The molecule has 0 saturated heterocycles. The summed E-state index contributed by atoms with van der Waals surface area (Å²) >= 11 is 0. The molecule has 0 unspecified atom stereocenters. The molecule has 0 spiro atoms. The van der Waals surface area contributed by atoms with E-state index in [0.717, 1.165) is 0 Å². The molecule has 1 aromatic rings. The Morgan fingerprint density at radius 3 is 2.43 bits per heavy atom. The van der Waals surface area contributed by atoms with Crippen LogP contribution in [0.15, 0.2) is 24.3 Å². The minimum atomic E-state index is -0.201. The van der Waals surface area contributed by atoms with Crippen LogP contribution in [0.4, 0.5) is 0 Å². The molecule has 0 aromatic heterocycles. The Morgan fingerprint density at radius 2 is 1.86 bits per heavy atom. The quantitative estimate of drug-likeness (QED) is 0.696. The van der Waals surface area contributed by atoms with Crippen LogP contribution in [0.5, 0.6) is 11.5 Å². The highest BCUT2D eigenvalue weighted by Crippen LogP contribution is 2.26. The fourth-order valence-electron chi connectivity index (χ4n) is 1.76. The van der Waals surface area contributed by atoms with Crippen molar-refractivity contribution in [3.63, 3.8) is 0 Å². The average molecular weight is 297 g/mol. The van der Waals surface area contributed by atoms with Gasteiger partial charge in [0.2, 0.25) is 0 Å². The second-order valence-electron chi connectivity index (χ2n) is 4.27. The topological polar surface area (TPSA) is 68.2 Å². The van der Waals surface area contributed by atoms with Crippen LogP contribution < -0.4 is 9.47 Å². The molecule has 1 amide bonds. The number of para-hydroxylation sites is 2. The molecule has 0 aliphatic carbocycles. The van der Waals surface area contributed by atoms with Gasteiger partial charge in [0.25, 0.3) is 5.91 Å². The third-order valence-electron chi connectivity index (χ3n) is 2.79. The molecule has 0 radical (unpaired) electrons. The van der Waals surface area contributed by atoms with E-state index in [9.17, 15) is 4.79 Å². The normalized spacial score (nSPS) is 10.2. The molecule has 0 fully saturated rings. The Hall–Kier alpha value is -1.79. The van der Waals surface area contributed by atoms with Crippen molar-refractivity contribution in [1.29, 1.82) is 0 Å². The summed E-state index contributed by atoms with van der Waals surface area (Å²) in [6, 6.07) is 7.21. The number of carbonyl (C=O) groups is 1. The van der Waals surface area contributed by atoms with Crippen molar-refractivity contribution >= 4 is 5.91 Å². The van der Waals surface area contributed by atoms with Crippen molar-refractivity contribution in [2.24, 2.45) is 0 Å². The van der Waals surface area contributed by atoms with Crippen LogP contribution in [-0.4, -0.2) is 62.5 Å². The van der Waals surface area contributed by atoms with Gasteiger partial charge < -0.3 is 24.2 Å². The lowest BCUT2D eigenvalue weighted by Gasteiger charge is -2.21. The maximum Gasteiger partial charge on any atom is 0.260 e. The van der Waals surface area contributed by atoms with Crippen LogP contribution in [0.3, 0.4) is 0 Å². The summed E-state index contributed by atoms with van der Waals surface area (Å²) in [7, 11) is 1.57. The summed E-state index contributed by atoms with van der Waals surface area (Å²) in [6.07, 6.45) is 0. The van der Waals surface area contributed by atoms with Gasteiger partial charge in [-0.3, -0.25) is 4.79 Å². The highest BCUT2D eigenvalue weighted by atomic mass is 16.5. The smallest absolute Gasteiger partial charge is 0.260 e. The zero-order valence-corrected chi connectivity index (χ0v) is 12.6. The zero-order valence-electron chi connectivity index (χ0n) is 12.6. The lowest BCUT2D eigenvalue weighted by atomic mass is 10.3. The molecule has 0 atom stereocenters. The first-order valence-corrected chi connectivity index (χ1v) is 6.95. The van der Waals surface area contributed by atoms with Gasteiger partial charge in [-0.25, -0.2) is 0 Å². The molecular weight excluding hydrogens is 274 g/mol. The van der Waals surface area contributed by atoms with Gasteiger partial charge in [-0.05, 0) is 19.1 Å². The molecule has 21 heavy (non-hydrogen) atoms. The number of aliphatic hydroxyl groups is 1. The van der Waals surface area contributed by atoms with Crippen molar-refractivity contribution in [2.75, 3.05) is 46.6 Å². The number of hydrogen-bond acceptors (Lipinski definition) is 5. The van der Waals surface area contributed by atoms with Crippen molar-refractivity contribution in [1.82, 2.24) is 4.90 Å². The number of hydrogen-bond donors (Lipinski definition) is 1. The summed E-state index contributed by atoms with van der Waals surface area (Å²) < 4.78 is 15.9. The monoisotopic (exact) mass is 297 g/mol. The van der Waals surface area contributed by atoms with Gasteiger partial charge in [0.05, 0.1) is 19.8 Å². The molecule has 0 bridgehead atoms. The Labute approximate surface area is 125 Å². The van der Waals surface area contributed by atoms with Crippen LogP contribution in [0, 0.1) is 0 Å². The maximum atomic E-state index is 12.1.